The summed E-state index contributed by atoms with van der Waals surface area (Å²) in [4.78, 5) is 0. The molecule has 0 rings (SSSR count). The molecule has 1 unspecified atom stereocenters. The highest BCUT2D eigenvalue weighted by Gasteiger charge is 1.94. The van der Waals surface area contributed by atoms with E-state index in [0.717, 1.165) is 5.57 Å². The van der Waals surface area contributed by atoms with Gasteiger partial charge in [0.05, 0.1) is 0 Å². The van der Waals surface area contributed by atoms with E-state index in [1.807, 2.05) is 33.5 Å². The molecule has 0 amide bonds. The van der Waals surface area contributed by atoms with Gasteiger partial charge in [0.1, 0.15) is 5.37 Å². The second kappa shape index (κ2) is 7.08. The molecule has 0 bridgehead atoms. The molecule has 0 aliphatic carbocycles. The third kappa shape index (κ3) is 5.11. The van der Waals surface area contributed by atoms with Crippen LogP contribution in [0.25, 0.3) is 0 Å². The van der Waals surface area contributed by atoms with Crippen LogP contribution in [0, 0.1) is 11.8 Å². The molecule has 0 aliphatic rings. The van der Waals surface area contributed by atoms with E-state index in [1.54, 1.807) is 11.8 Å². The zero-order valence-electron chi connectivity index (χ0n) is 8.06. The molecule has 0 fully saturated rings. The van der Waals surface area contributed by atoms with E-state index < -0.39 is 0 Å². The Bertz CT molecular complexity index is 196. The van der Waals surface area contributed by atoms with Gasteiger partial charge in [0, 0.05) is 18.8 Å². The normalized spacial score (nSPS) is 13.2. The molecule has 0 saturated carbocycles. The van der Waals surface area contributed by atoms with Crippen molar-refractivity contribution in [3.63, 3.8) is 0 Å². The smallest absolute Gasteiger partial charge is 0.115 e. The van der Waals surface area contributed by atoms with Crippen LogP contribution < -0.4 is 10.6 Å². The lowest BCUT2D eigenvalue weighted by atomic mass is 10.3. The van der Waals surface area contributed by atoms with Gasteiger partial charge in [0.15, 0.2) is 0 Å². The molecule has 2 N–H and O–H groups in total. The first-order valence-corrected chi connectivity index (χ1v) is 5.09. The summed E-state index contributed by atoms with van der Waals surface area (Å²) < 4.78 is 0. The van der Waals surface area contributed by atoms with Crippen molar-refractivity contribution in [1.82, 2.24) is 10.6 Å². The van der Waals surface area contributed by atoms with E-state index in [9.17, 15) is 0 Å². The van der Waals surface area contributed by atoms with E-state index in [1.165, 1.54) is 0 Å². The maximum Gasteiger partial charge on any atom is 0.115 e. The molecular weight excluding hydrogens is 168 g/mol. The Labute approximate surface area is 79.2 Å². The van der Waals surface area contributed by atoms with Crippen LogP contribution in [0.15, 0.2) is 11.8 Å². The van der Waals surface area contributed by atoms with Crippen molar-refractivity contribution in [2.45, 2.75) is 12.3 Å². The van der Waals surface area contributed by atoms with Crippen LogP contribution >= 0.6 is 11.8 Å². The highest BCUT2D eigenvalue weighted by molar-refractivity contribution is 7.99. The van der Waals surface area contributed by atoms with E-state index in [-0.39, 0.29) is 5.37 Å². The summed E-state index contributed by atoms with van der Waals surface area (Å²) in [7, 11) is 3.78. The van der Waals surface area contributed by atoms with E-state index in [2.05, 4.69) is 22.5 Å². The Morgan fingerprint density at radius 1 is 1.50 bits per heavy atom. The second-order valence-corrected chi connectivity index (χ2v) is 3.23. The van der Waals surface area contributed by atoms with Crippen LogP contribution in [0.4, 0.5) is 0 Å². The van der Waals surface area contributed by atoms with Gasteiger partial charge in [0.25, 0.3) is 0 Å². The van der Waals surface area contributed by atoms with Gasteiger partial charge in [-0.2, -0.15) is 0 Å². The molecule has 0 aromatic heterocycles. The quantitative estimate of drug-likeness (QED) is 0.506. The molecule has 3 heteroatoms. The Morgan fingerprint density at radius 2 is 2.17 bits per heavy atom. The fourth-order valence-corrected chi connectivity index (χ4v) is 1.09. The van der Waals surface area contributed by atoms with Crippen molar-refractivity contribution in [3.8, 4) is 11.8 Å². The van der Waals surface area contributed by atoms with Gasteiger partial charge in [0.2, 0.25) is 0 Å². The van der Waals surface area contributed by atoms with Crippen molar-refractivity contribution >= 4 is 11.8 Å². The fraction of sp³-hybridized carbons (Fsp3) is 0.556. The Hall–Kier alpha value is -0.590. The van der Waals surface area contributed by atoms with Crippen molar-refractivity contribution in [2.24, 2.45) is 0 Å². The molecule has 1 atom stereocenters. The summed E-state index contributed by atoms with van der Waals surface area (Å²) in [5, 5.41) is 6.25. The van der Waals surface area contributed by atoms with Crippen LogP contribution in [-0.2, 0) is 0 Å². The lowest BCUT2D eigenvalue weighted by Crippen LogP contribution is -2.18. The summed E-state index contributed by atoms with van der Waals surface area (Å²) in [6.07, 6.45) is 3.92. The zero-order valence-corrected chi connectivity index (χ0v) is 8.88. The van der Waals surface area contributed by atoms with Gasteiger partial charge >= 0.3 is 0 Å². The van der Waals surface area contributed by atoms with Crippen molar-refractivity contribution < 1.29 is 0 Å². The predicted octanol–water partition coefficient (Wildman–Crippen LogP) is 1.02. The average molecular weight is 184 g/mol. The third-order valence-electron chi connectivity index (χ3n) is 1.26. The maximum atomic E-state index is 3.10. The standard InChI is InChI=1S/C9H16N2S/c1-8(7-10-2)5-6-9(11-3)12-4/h7,9-11H,1-4H3. The first-order valence-electron chi connectivity index (χ1n) is 3.80. The highest BCUT2D eigenvalue weighted by Crippen LogP contribution is 1.99. The Balaban J connectivity index is 4.08. The van der Waals surface area contributed by atoms with Crippen molar-refractivity contribution in [3.05, 3.63) is 11.8 Å². The molecule has 0 spiro atoms. The van der Waals surface area contributed by atoms with Gasteiger partial charge in [-0.05, 0) is 20.2 Å². The minimum atomic E-state index is 0.227. The van der Waals surface area contributed by atoms with Crippen LogP contribution in [-0.4, -0.2) is 25.7 Å². The summed E-state index contributed by atoms with van der Waals surface area (Å²) in [5.74, 6) is 6.15. The molecule has 0 aromatic rings. The molecule has 68 valence electrons. The lowest BCUT2D eigenvalue weighted by Gasteiger charge is -2.02. The number of thioether (sulfide) groups is 1. The van der Waals surface area contributed by atoms with Crippen molar-refractivity contribution in [1.29, 1.82) is 0 Å². The average Bonchev–Trinajstić information content (AvgIpc) is 2.07. The highest BCUT2D eigenvalue weighted by atomic mass is 32.2. The molecule has 0 radical (unpaired) electrons. The first kappa shape index (κ1) is 11.4. The maximum absolute atomic E-state index is 3.10. The predicted molar refractivity (Wildman–Crippen MR) is 57.0 cm³/mol. The summed E-state index contributed by atoms with van der Waals surface area (Å²) in [5.41, 5.74) is 1.05. The molecule has 12 heavy (non-hydrogen) atoms. The Morgan fingerprint density at radius 3 is 2.58 bits per heavy atom. The fourth-order valence-electron chi connectivity index (χ4n) is 0.681. The second-order valence-electron chi connectivity index (χ2n) is 2.29. The van der Waals surface area contributed by atoms with Crippen LogP contribution in [0.1, 0.15) is 6.92 Å². The lowest BCUT2D eigenvalue weighted by molar-refractivity contribution is 0.887. The zero-order chi connectivity index (χ0) is 9.40. The topological polar surface area (TPSA) is 24.1 Å². The minimum absolute atomic E-state index is 0.227. The third-order valence-corrected chi connectivity index (χ3v) is 2.08. The molecule has 0 aromatic carbocycles. The number of rotatable bonds is 3. The Kier molecular flexibility index (Phi) is 6.73. The molecular formula is C9H16N2S. The largest absolute Gasteiger partial charge is 0.393 e. The van der Waals surface area contributed by atoms with Crippen LogP contribution in [0.2, 0.25) is 0 Å². The van der Waals surface area contributed by atoms with E-state index in [0.29, 0.717) is 0 Å². The molecule has 0 heterocycles. The van der Waals surface area contributed by atoms with E-state index in [4.69, 9.17) is 0 Å². The van der Waals surface area contributed by atoms with Gasteiger partial charge in [-0.15, -0.1) is 11.8 Å². The summed E-state index contributed by atoms with van der Waals surface area (Å²) in [6, 6.07) is 0. The number of hydrogen-bond donors (Lipinski definition) is 2. The van der Waals surface area contributed by atoms with Crippen LogP contribution in [0.3, 0.4) is 0 Å². The monoisotopic (exact) mass is 184 g/mol. The first-order chi connectivity index (χ1) is 5.74. The summed E-state index contributed by atoms with van der Waals surface area (Å²) in [6.45, 7) is 1.98. The number of allylic oxidation sites excluding steroid dienone is 1. The SMILES string of the molecule is CNC=C(C)C#CC(NC)SC. The summed E-state index contributed by atoms with van der Waals surface area (Å²) >= 11 is 1.70. The van der Waals surface area contributed by atoms with E-state index >= 15 is 0 Å². The molecule has 2 nitrogen and oxygen atoms in total. The molecule has 0 aliphatic heterocycles. The van der Waals surface area contributed by atoms with Gasteiger partial charge in [-0.25, -0.2) is 0 Å². The van der Waals surface area contributed by atoms with Gasteiger partial charge in [-0.1, -0.05) is 11.8 Å². The minimum Gasteiger partial charge on any atom is -0.393 e. The van der Waals surface area contributed by atoms with Gasteiger partial charge in [-0.3, -0.25) is 5.32 Å². The number of hydrogen-bond acceptors (Lipinski definition) is 3. The van der Waals surface area contributed by atoms with Crippen molar-refractivity contribution in [2.75, 3.05) is 20.4 Å². The number of nitrogens with one attached hydrogen (secondary N) is 2. The van der Waals surface area contributed by atoms with Crippen LogP contribution in [0.5, 0.6) is 0 Å². The van der Waals surface area contributed by atoms with Gasteiger partial charge < -0.3 is 5.32 Å². The molecule has 0 saturated heterocycles.